The molecule has 2 aliphatic heterocycles. The topological polar surface area (TPSA) is 3.24 Å². The fourth-order valence-corrected chi connectivity index (χ4v) is 4.91. The highest BCUT2D eigenvalue weighted by atomic mass is 15.2. The van der Waals surface area contributed by atoms with Gasteiger partial charge < -0.3 is 0 Å². The van der Waals surface area contributed by atoms with Gasteiger partial charge in [-0.25, -0.2) is 0 Å². The Labute approximate surface area is 87.9 Å². The van der Waals surface area contributed by atoms with Crippen molar-refractivity contribution in [2.24, 2.45) is 17.3 Å². The van der Waals surface area contributed by atoms with E-state index in [9.17, 15) is 0 Å². The molecule has 2 heterocycles. The van der Waals surface area contributed by atoms with Crippen molar-refractivity contribution in [3.8, 4) is 0 Å². The molecule has 0 spiro atoms. The van der Waals surface area contributed by atoms with Gasteiger partial charge in [-0.2, -0.15) is 0 Å². The summed E-state index contributed by atoms with van der Waals surface area (Å²) in [6, 6.07) is 0.983. The third-order valence-electron chi connectivity index (χ3n) is 5.58. The molecule has 80 valence electrons. The molecule has 1 nitrogen and oxygen atoms in total. The van der Waals surface area contributed by atoms with E-state index in [1.165, 1.54) is 45.2 Å². The Hall–Kier alpha value is -0.0400. The lowest BCUT2D eigenvalue weighted by Crippen LogP contribution is -2.43. The molecule has 0 N–H and O–H groups in total. The standard InChI is InChI=1S/C13H23N/c1-3-13-7-4-5-11-6-8-14(12(11)13)9-10(13)2/h10-12H,3-9H2,1-2H3/t10-,11-,12+,13+/m1/s1. The Morgan fingerprint density at radius 3 is 3.00 bits per heavy atom. The van der Waals surface area contributed by atoms with E-state index < -0.39 is 0 Å². The summed E-state index contributed by atoms with van der Waals surface area (Å²) in [7, 11) is 0. The maximum Gasteiger partial charge on any atom is 0.0183 e. The highest BCUT2D eigenvalue weighted by Gasteiger charge is 2.57. The van der Waals surface area contributed by atoms with E-state index in [0.717, 1.165) is 23.3 Å². The molecule has 0 aromatic carbocycles. The molecule has 1 heteroatoms. The number of hydrogen-bond donors (Lipinski definition) is 0. The Morgan fingerprint density at radius 1 is 1.36 bits per heavy atom. The van der Waals surface area contributed by atoms with Gasteiger partial charge in [0.2, 0.25) is 0 Å². The van der Waals surface area contributed by atoms with Crippen molar-refractivity contribution >= 4 is 0 Å². The van der Waals surface area contributed by atoms with Gasteiger partial charge in [0.05, 0.1) is 0 Å². The third kappa shape index (κ3) is 0.946. The van der Waals surface area contributed by atoms with Crippen molar-refractivity contribution in [1.29, 1.82) is 0 Å². The minimum absolute atomic E-state index is 0.722. The molecule has 3 aliphatic rings. The molecule has 0 bridgehead atoms. The quantitative estimate of drug-likeness (QED) is 0.619. The van der Waals surface area contributed by atoms with Gasteiger partial charge in [-0.05, 0) is 49.5 Å². The van der Waals surface area contributed by atoms with Crippen molar-refractivity contribution in [2.45, 2.75) is 52.0 Å². The van der Waals surface area contributed by atoms with E-state index in [2.05, 4.69) is 18.7 Å². The Balaban J connectivity index is 1.98. The predicted octanol–water partition coefficient (Wildman–Crippen LogP) is 2.91. The van der Waals surface area contributed by atoms with Crippen LogP contribution in [0.2, 0.25) is 0 Å². The molecule has 1 saturated carbocycles. The van der Waals surface area contributed by atoms with Crippen molar-refractivity contribution in [3.63, 3.8) is 0 Å². The first-order valence-corrected chi connectivity index (χ1v) is 6.52. The van der Waals surface area contributed by atoms with Crippen LogP contribution in [0.3, 0.4) is 0 Å². The SMILES string of the molecule is CC[C@]12CCC[C@@H]3CCN(C[C@H]1C)[C@@H]32. The van der Waals surface area contributed by atoms with Crippen LogP contribution in [-0.4, -0.2) is 24.0 Å². The molecule has 0 aromatic rings. The first kappa shape index (κ1) is 9.21. The highest BCUT2D eigenvalue weighted by Crippen LogP contribution is 2.57. The molecule has 1 aliphatic carbocycles. The van der Waals surface area contributed by atoms with Gasteiger partial charge in [0.25, 0.3) is 0 Å². The summed E-state index contributed by atoms with van der Waals surface area (Å²) in [6.07, 6.45) is 7.47. The van der Waals surface area contributed by atoms with Gasteiger partial charge >= 0.3 is 0 Å². The lowest BCUT2D eigenvalue weighted by atomic mass is 9.61. The Kier molecular flexibility index (Phi) is 1.96. The van der Waals surface area contributed by atoms with Gasteiger partial charge in [0.15, 0.2) is 0 Å². The average molecular weight is 193 g/mol. The number of rotatable bonds is 1. The van der Waals surface area contributed by atoms with E-state index in [0.29, 0.717) is 0 Å². The van der Waals surface area contributed by atoms with Gasteiger partial charge in [-0.3, -0.25) is 4.90 Å². The molecule has 14 heavy (non-hydrogen) atoms. The smallest absolute Gasteiger partial charge is 0.0183 e. The summed E-state index contributed by atoms with van der Waals surface area (Å²) >= 11 is 0. The van der Waals surface area contributed by atoms with Crippen LogP contribution in [0.5, 0.6) is 0 Å². The molecule has 2 saturated heterocycles. The first-order valence-electron chi connectivity index (χ1n) is 6.52. The van der Waals surface area contributed by atoms with E-state index in [-0.39, 0.29) is 0 Å². The van der Waals surface area contributed by atoms with Crippen LogP contribution in [0.15, 0.2) is 0 Å². The normalized spacial score (nSPS) is 52.3. The zero-order valence-electron chi connectivity index (χ0n) is 9.63. The molecule has 0 amide bonds. The molecule has 3 fully saturated rings. The van der Waals surface area contributed by atoms with Crippen LogP contribution < -0.4 is 0 Å². The zero-order chi connectivity index (χ0) is 9.76. The summed E-state index contributed by atoms with van der Waals surface area (Å²) < 4.78 is 0. The van der Waals surface area contributed by atoms with Crippen molar-refractivity contribution in [1.82, 2.24) is 4.90 Å². The van der Waals surface area contributed by atoms with E-state index in [4.69, 9.17) is 0 Å². The minimum Gasteiger partial charge on any atom is -0.299 e. The summed E-state index contributed by atoms with van der Waals surface area (Å²) in [5.74, 6) is 2.02. The van der Waals surface area contributed by atoms with Crippen LogP contribution in [-0.2, 0) is 0 Å². The van der Waals surface area contributed by atoms with E-state index in [1.54, 1.807) is 0 Å². The largest absolute Gasteiger partial charge is 0.299 e. The highest BCUT2D eigenvalue weighted by molar-refractivity contribution is 5.09. The van der Waals surface area contributed by atoms with Crippen LogP contribution in [0.25, 0.3) is 0 Å². The van der Waals surface area contributed by atoms with Crippen LogP contribution >= 0.6 is 0 Å². The maximum atomic E-state index is 2.82. The molecular formula is C13H23N. The van der Waals surface area contributed by atoms with E-state index in [1.807, 2.05) is 0 Å². The van der Waals surface area contributed by atoms with Gasteiger partial charge in [-0.1, -0.05) is 20.3 Å². The van der Waals surface area contributed by atoms with Crippen molar-refractivity contribution < 1.29 is 0 Å². The number of nitrogens with zero attached hydrogens (tertiary/aromatic N) is 1. The van der Waals surface area contributed by atoms with E-state index >= 15 is 0 Å². The monoisotopic (exact) mass is 193 g/mol. The Morgan fingerprint density at radius 2 is 2.21 bits per heavy atom. The minimum atomic E-state index is 0.722. The van der Waals surface area contributed by atoms with Gasteiger partial charge in [0, 0.05) is 12.6 Å². The second-order valence-electron chi connectivity index (χ2n) is 5.87. The summed E-state index contributed by atoms with van der Waals surface area (Å²) in [4.78, 5) is 2.82. The third-order valence-corrected chi connectivity index (χ3v) is 5.58. The number of hydrogen-bond acceptors (Lipinski definition) is 1. The summed E-state index contributed by atoms with van der Waals surface area (Å²) in [5, 5.41) is 0. The molecule has 0 unspecified atom stereocenters. The molecular weight excluding hydrogens is 170 g/mol. The average Bonchev–Trinajstić information content (AvgIpc) is 2.73. The molecule has 3 rings (SSSR count). The van der Waals surface area contributed by atoms with Crippen LogP contribution in [0.4, 0.5) is 0 Å². The molecule has 0 radical (unpaired) electrons. The first-order chi connectivity index (χ1) is 6.78. The fraction of sp³-hybridized carbons (Fsp3) is 1.00. The molecule has 4 atom stereocenters. The second-order valence-corrected chi connectivity index (χ2v) is 5.87. The second kappa shape index (κ2) is 2.98. The van der Waals surface area contributed by atoms with Gasteiger partial charge in [0.1, 0.15) is 0 Å². The lowest BCUT2D eigenvalue weighted by Gasteiger charge is -2.44. The summed E-state index contributed by atoms with van der Waals surface area (Å²) in [6.45, 7) is 7.74. The van der Waals surface area contributed by atoms with Gasteiger partial charge in [-0.15, -0.1) is 0 Å². The maximum absolute atomic E-state index is 2.82. The van der Waals surface area contributed by atoms with Crippen molar-refractivity contribution in [2.75, 3.05) is 13.1 Å². The molecule has 0 aromatic heterocycles. The predicted molar refractivity (Wildman–Crippen MR) is 59.2 cm³/mol. The Bertz CT molecular complexity index is 233. The van der Waals surface area contributed by atoms with Crippen molar-refractivity contribution in [3.05, 3.63) is 0 Å². The fourth-order valence-electron chi connectivity index (χ4n) is 4.91. The van der Waals surface area contributed by atoms with Crippen LogP contribution in [0, 0.1) is 17.3 Å². The zero-order valence-corrected chi connectivity index (χ0v) is 9.63. The lowest BCUT2D eigenvalue weighted by molar-refractivity contribution is 0.0679. The van der Waals surface area contributed by atoms with Crippen LogP contribution in [0.1, 0.15) is 46.0 Å². The summed E-state index contributed by atoms with van der Waals surface area (Å²) in [5.41, 5.74) is 0.722.